The molecule has 1 aromatic carbocycles. The van der Waals surface area contributed by atoms with Crippen LogP contribution < -0.4 is 4.72 Å². The number of hydrogen-bond donors (Lipinski definition) is 1. The van der Waals surface area contributed by atoms with Crippen molar-refractivity contribution in [2.24, 2.45) is 0 Å². The molecule has 0 fully saturated rings. The Morgan fingerprint density at radius 2 is 1.88 bits per heavy atom. The molecule has 1 atom stereocenters. The Kier molecular flexibility index (Phi) is 4.80. The molecule has 3 aromatic rings. The Morgan fingerprint density at radius 3 is 2.58 bits per heavy atom. The van der Waals surface area contributed by atoms with Crippen LogP contribution in [0, 0.1) is 0 Å². The van der Waals surface area contributed by atoms with Gasteiger partial charge in [0, 0.05) is 13.3 Å². The molecule has 1 unspecified atom stereocenters. The number of ether oxygens (including phenoxy) is 1. The van der Waals surface area contributed by atoms with Crippen molar-refractivity contribution in [1.29, 1.82) is 0 Å². The van der Waals surface area contributed by atoms with E-state index in [1.54, 1.807) is 55.6 Å². The van der Waals surface area contributed by atoms with E-state index in [0.717, 1.165) is 0 Å². The number of fused-ring (bicyclic) bond motifs is 1. The summed E-state index contributed by atoms with van der Waals surface area (Å²) in [7, 11) is -2.53. The zero-order valence-electron chi connectivity index (χ0n) is 14.4. The predicted octanol–water partition coefficient (Wildman–Crippen LogP) is 1.96. The standard InChI is InChI=1S/C18H19N3O4S/c1-18(25-2,14-8-4-3-5-9-14)13-26(23,24)20-17(22)16-19-12-15-10-6-7-11-21(15)16/h3-12H,13H2,1-2H3,(H,20,22). The second-order valence-corrected chi connectivity index (χ2v) is 7.79. The van der Waals surface area contributed by atoms with Gasteiger partial charge in [0.15, 0.2) is 0 Å². The molecular formula is C18H19N3O4S. The maximum Gasteiger partial charge on any atom is 0.301 e. The average Bonchev–Trinajstić information content (AvgIpc) is 3.06. The van der Waals surface area contributed by atoms with Crippen LogP contribution in [0.3, 0.4) is 0 Å². The summed E-state index contributed by atoms with van der Waals surface area (Å²) in [5.41, 5.74) is 0.301. The van der Waals surface area contributed by atoms with Crippen molar-refractivity contribution in [3.8, 4) is 0 Å². The third-order valence-corrected chi connectivity index (χ3v) is 5.62. The molecule has 0 radical (unpaired) electrons. The summed E-state index contributed by atoms with van der Waals surface area (Å²) in [4.78, 5) is 16.4. The van der Waals surface area contributed by atoms with Gasteiger partial charge >= 0.3 is 5.91 Å². The average molecular weight is 373 g/mol. The molecular weight excluding hydrogens is 354 g/mol. The van der Waals surface area contributed by atoms with Crippen molar-refractivity contribution in [2.75, 3.05) is 12.9 Å². The van der Waals surface area contributed by atoms with E-state index in [2.05, 4.69) is 9.71 Å². The molecule has 0 aliphatic carbocycles. The Bertz CT molecular complexity index is 1030. The highest BCUT2D eigenvalue weighted by Gasteiger charge is 2.34. The molecule has 7 nitrogen and oxygen atoms in total. The van der Waals surface area contributed by atoms with Gasteiger partial charge in [-0.05, 0) is 24.6 Å². The van der Waals surface area contributed by atoms with Crippen LogP contribution in [0.1, 0.15) is 23.1 Å². The van der Waals surface area contributed by atoms with Gasteiger partial charge in [-0.15, -0.1) is 0 Å². The molecule has 3 rings (SSSR count). The number of carbonyl (C=O) groups excluding carboxylic acids is 1. The molecule has 136 valence electrons. The summed E-state index contributed by atoms with van der Waals surface area (Å²) in [6.07, 6.45) is 3.15. The van der Waals surface area contributed by atoms with Crippen LogP contribution in [0.15, 0.2) is 60.9 Å². The van der Waals surface area contributed by atoms with Gasteiger partial charge in [0.1, 0.15) is 11.4 Å². The minimum Gasteiger partial charge on any atom is -0.373 e. The molecule has 2 heterocycles. The lowest BCUT2D eigenvalue weighted by Gasteiger charge is -2.28. The Hall–Kier alpha value is -2.71. The molecule has 0 aliphatic rings. The van der Waals surface area contributed by atoms with E-state index in [4.69, 9.17) is 4.74 Å². The van der Waals surface area contributed by atoms with Gasteiger partial charge in [-0.25, -0.2) is 18.1 Å². The van der Waals surface area contributed by atoms with E-state index in [0.29, 0.717) is 11.1 Å². The number of hydrogen-bond acceptors (Lipinski definition) is 5. The molecule has 26 heavy (non-hydrogen) atoms. The van der Waals surface area contributed by atoms with Crippen molar-refractivity contribution in [3.63, 3.8) is 0 Å². The van der Waals surface area contributed by atoms with Crippen molar-refractivity contribution in [3.05, 3.63) is 72.3 Å². The van der Waals surface area contributed by atoms with E-state index >= 15 is 0 Å². The van der Waals surface area contributed by atoms with Crippen LogP contribution in [0.5, 0.6) is 0 Å². The number of sulfonamides is 1. The summed E-state index contributed by atoms with van der Waals surface area (Å²) >= 11 is 0. The zero-order chi connectivity index (χ0) is 18.8. The molecule has 8 heteroatoms. The van der Waals surface area contributed by atoms with Gasteiger partial charge < -0.3 is 4.74 Å². The molecule has 1 amide bonds. The quantitative estimate of drug-likeness (QED) is 0.713. The Labute approximate surface area is 151 Å². The fourth-order valence-corrected chi connectivity index (χ4v) is 4.20. The molecule has 0 bridgehead atoms. The number of carbonyl (C=O) groups is 1. The molecule has 0 spiro atoms. The first-order chi connectivity index (χ1) is 12.3. The SMILES string of the molecule is COC(C)(CS(=O)(=O)NC(=O)c1ncc2ccccn12)c1ccccc1. The minimum absolute atomic E-state index is 0.00278. The van der Waals surface area contributed by atoms with Crippen LogP contribution >= 0.6 is 0 Å². The van der Waals surface area contributed by atoms with Gasteiger partial charge in [-0.2, -0.15) is 0 Å². The maximum atomic E-state index is 12.6. The van der Waals surface area contributed by atoms with Gasteiger partial charge in [0.2, 0.25) is 15.8 Å². The van der Waals surface area contributed by atoms with E-state index in [9.17, 15) is 13.2 Å². The van der Waals surface area contributed by atoms with Gasteiger partial charge in [-0.1, -0.05) is 36.4 Å². The first kappa shape index (κ1) is 18.1. The highest BCUT2D eigenvalue weighted by Crippen LogP contribution is 2.26. The van der Waals surface area contributed by atoms with Crippen molar-refractivity contribution < 1.29 is 17.9 Å². The van der Waals surface area contributed by atoms with Gasteiger partial charge in [0.25, 0.3) is 0 Å². The predicted molar refractivity (Wildman–Crippen MR) is 97.2 cm³/mol. The summed E-state index contributed by atoms with van der Waals surface area (Å²) in [6, 6.07) is 14.3. The Balaban J connectivity index is 1.83. The number of benzene rings is 1. The second-order valence-electron chi connectivity index (χ2n) is 6.07. The largest absolute Gasteiger partial charge is 0.373 e. The lowest BCUT2D eigenvalue weighted by atomic mass is 9.98. The Morgan fingerprint density at radius 1 is 1.19 bits per heavy atom. The summed E-state index contributed by atoms with van der Waals surface area (Å²) < 4.78 is 34.2. The molecule has 1 N–H and O–H groups in total. The van der Waals surface area contributed by atoms with Crippen LogP contribution in [-0.4, -0.2) is 36.6 Å². The molecule has 0 saturated carbocycles. The first-order valence-corrected chi connectivity index (χ1v) is 9.57. The van der Waals surface area contributed by atoms with Crippen LogP contribution in [-0.2, 0) is 20.4 Å². The fraction of sp³-hybridized carbons (Fsp3) is 0.222. The van der Waals surface area contributed by atoms with Crippen molar-refractivity contribution >= 4 is 21.4 Å². The minimum atomic E-state index is -3.97. The second kappa shape index (κ2) is 6.89. The smallest absolute Gasteiger partial charge is 0.301 e. The summed E-state index contributed by atoms with van der Waals surface area (Å²) in [5, 5.41) is 0. The number of amides is 1. The maximum absolute atomic E-state index is 12.6. The summed E-state index contributed by atoms with van der Waals surface area (Å²) in [6.45, 7) is 1.66. The summed E-state index contributed by atoms with van der Waals surface area (Å²) in [5.74, 6) is -1.19. The monoisotopic (exact) mass is 373 g/mol. The molecule has 0 aliphatic heterocycles. The van der Waals surface area contributed by atoms with E-state index in [1.807, 2.05) is 6.07 Å². The lowest BCUT2D eigenvalue weighted by molar-refractivity contribution is 0.0221. The number of imidazole rings is 1. The van der Waals surface area contributed by atoms with E-state index < -0.39 is 27.3 Å². The van der Waals surface area contributed by atoms with E-state index in [1.165, 1.54) is 17.7 Å². The highest BCUT2D eigenvalue weighted by atomic mass is 32.2. The fourth-order valence-electron chi connectivity index (χ4n) is 2.75. The zero-order valence-corrected chi connectivity index (χ0v) is 15.2. The number of methoxy groups -OCH3 is 1. The van der Waals surface area contributed by atoms with Crippen LogP contribution in [0.2, 0.25) is 0 Å². The first-order valence-electron chi connectivity index (χ1n) is 7.92. The third kappa shape index (κ3) is 3.61. The molecule has 0 saturated heterocycles. The number of nitrogens with one attached hydrogen (secondary N) is 1. The highest BCUT2D eigenvalue weighted by molar-refractivity contribution is 7.90. The van der Waals surface area contributed by atoms with Crippen LogP contribution in [0.4, 0.5) is 0 Å². The van der Waals surface area contributed by atoms with Crippen molar-refractivity contribution in [2.45, 2.75) is 12.5 Å². The van der Waals surface area contributed by atoms with Gasteiger partial charge in [0.05, 0.1) is 11.7 Å². The molecule has 2 aromatic heterocycles. The topological polar surface area (TPSA) is 89.8 Å². The number of rotatable bonds is 6. The lowest BCUT2D eigenvalue weighted by Crippen LogP contribution is -2.42. The number of aromatic nitrogens is 2. The van der Waals surface area contributed by atoms with Gasteiger partial charge in [-0.3, -0.25) is 9.20 Å². The van der Waals surface area contributed by atoms with Crippen molar-refractivity contribution in [1.82, 2.24) is 14.1 Å². The normalized spacial score (nSPS) is 14.1. The van der Waals surface area contributed by atoms with Crippen LogP contribution in [0.25, 0.3) is 5.52 Å². The number of nitrogens with zero attached hydrogens (tertiary/aromatic N) is 2. The number of pyridine rings is 1. The third-order valence-electron chi connectivity index (χ3n) is 4.19. The van der Waals surface area contributed by atoms with E-state index in [-0.39, 0.29) is 5.82 Å².